The molecule has 0 aromatic carbocycles. The minimum atomic E-state index is 0.0159. The second kappa shape index (κ2) is 2.74. The molecule has 2 rings (SSSR count). The Morgan fingerprint density at radius 2 is 1.80 bits per heavy atom. The summed E-state index contributed by atoms with van der Waals surface area (Å²) in [6.07, 6.45) is 5.97. The van der Waals surface area contributed by atoms with Crippen molar-refractivity contribution in [3.63, 3.8) is 0 Å². The lowest BCUT2D eigenvalue weighted by molar-refractivity contribution is 0.145. The minimum Gasteiger partial charge on any atom is -0.393 e. The van der Waals surface area contributed by atoms with Gasteiger partial charge in [0.25, 0.3) is 0 Å². The predicted octanol–water partition coefficient (Wildman–Crippen LogP) is 1.80. The Balaban J connectivity index is 1.83. The molecule has 2 aliphatic rings. The first-order chi connectivity index (χ1) is 4.86. The van der Waals surface area contributed by atoms with Crippen LogP contribution in [-0.2, 0) is 0 Å². The maximum Gasteiger partial charge on any atom is 0.0540 e. The summed E-state index contributed by atoms with van der Waals surface area (Å²) < 4.78 is 0. The number of thioether (sulfide) groups is 1. The van der Waals surface area contributed by atoms with Crippen LogP contribution >= 0.6 is 11.8 Å². The molecule has 1 heterocycles. The molecule has 0 aromatic heterocycles. The van der Waals surface area contributed by atoms with E-state index in [2.05, 4.69) is 11.8 Å². The molecule has 58 valence electrons. The topological polar surface area (TPSA) is 20.2 Å². The number of aliphatic hydroxyl groups excluding tert-OH is 1. The third-order valence-corrected chi connectivity index (χ3v) is 4.01. The lowest BCUT2D eigenvalue weighted by atomic mass is 9.99. The fraction of sp³-hybridized carbons (Fsp3) is 1.00. The molecule has 2 fully saturated rings. The first-order valence-corrected chi connectivity index (χ1v) is 5.14. The molecule has 0 radical (unpaired) electrons. The Morgan fingerprint density at radius 1 is 1.00 bits per heavy atom. The standard InChI is InChI=1S/C8H14OS/c9-6-2-1-3-7-8(10-7)5-4-6/h6-9H,1-5H2/t6-,7-,8+/m1/s1. The van der Waals surface area contributed by atoms with E-state index in [-0.39, 0.29) is 6.10 Å². The zero-order valence-electron chi connectivity index (χ0n) is 6.12. The van der Waals surface area contributed by atoms with Gasteiger partial charge in [-0.2, -0.15) is 11.8 Å². The first kappa shape index (κ1) is 6.99. The number of hydrogen-bond acceptors (Lipinski definition) is 2. The second-order valence-electron chi connectivity index (χ2n) is 3.38. The summed E-state index contributed by atoms with van der Waals surface area (Å²) >= 11 is 2.12. The lowest BCUT2D eigenvalue weighted by Crippen LogP contribution is -2.11. The van der Waals surface area contributed by atoms with Crippen LogP contribution in [-0.4, -0.2) is 21.7 Å². The van der Waals surface area contributed by atoms with Crippen molar-refractivity contribution >= 4 is 11.8 Å². The smallest absolute Gasteiger partial charge is 0.0540 e. The van der Waals surface area contributed by atoms with Crippen LogP contribution in [0.2, 0.25) is 0 Å². The first-order valence-electron chi connectivity index (χ1n) is 4.20. The highest BCUT2D eigenvalue weighted by atomic mass is 32.2. The van der Waals surface area contributed by atoms with Crippen molar-refractivity contribution < 1.29 is 5.11 Å². The van der Waals surface area contributed by atoms with Gasteiger partial charge < -0.3 is 5.11 Å². The quantitative estimate of drug-likeness (QED) is 0.542. The zero-order chi connectivity index (χ0) is 6.97. The third-order valence-electron chi connectivity index (χ3n) is 2.50. The van der Waals surface area contributed by atoms with E-state index in [0.29, 0.717) is 0 Å². The van der Waals surface area contributed by atoms with E-state index in [1.54, 1.807) is 0 Å². The number of rotatable bonds is 0. The fourth-order valence-electron chi connectivity index (χ4n) is 1.74. The van der Waals surface area contributed by atoms with E-state index in [4.69, 9.17) is 0 Å². The molecular formula is C8H14OS. The van der Waals surface area contributed by atoms with E-state index in [1.807, 2.05) is 0 Å². The van der Waals surface area contributed by atoms with Crippen molar-refractivity contribution in [2.24, 2.45) is 0 Å². The molecule has 0 bridgehead atoms. The molecule has 0 spiro atoms. The van der Waals surface area contributed by atoms with Crippen LogP contribution < -0.4 is 0 Å². The minimum absolute atomic E-state index is 0.0159. The van der Waals surface area contributed by atoms with Gasteiger partial charge in [0.2, 0.25) is 0 Å². The molecule has 1 nitrogen and oxygen atoms in total. The van der Waals surface area contributed by atoms with Gasteiger partial charge in [-0.05, 0) is 32.1 Å². The normalized spacial score (nSPS) is 47.1. The maximum absolute atomic E-state index is 9.34. The highest BCUT2D eigenvalue weighted by molar-refractivity contribution is 8.07. The summed E-state index contributed by atoms with van der Waals surface area (Å²) in [6, 6.07) is 0. The largest absolute Gasteiger partial charge is 0.393 e. The van der Waals surface area contributed by atoms with Gasteiger partial charge >= 0.3 is 0 Å². The van der Waals surface area contributed by atoms with E-state index in [9.17, 15) is 5.11 Å². The van der Waals surface area contributed by atoms with Crippen LogP contribution in [0.15, 0.2) is 0 Å². The summed E-state index contributed by atoms with van der Waals surface area (Å²) in [6.45, 7) is 0. The SMILES string of the molecule is O[C@@H]1CCC[C@H]2S[C@H]2CC1. The van der Waals surface area contributed by atoms with Crippen molar-refractivity contribution in [1.82, 2.24) is 0 Å². The van der Waals surface area contributed by atoms with E-state index < -0.39 is 0 Å². The molecule has 0 amide bonds. The summed E-state index contributed by atoms with van der Waals surface area (Å²) in [5.74, 6) is 0. The van der Waals surface area contributed by atoms with Gasteiger partial charge in [-0.25, -0.2) is 0 Å². The molecule has 0 aromatic rings. The zero-order valence-corrected chi connectivity index (χ0v) is 6.94. The highest BCUT2D eigenvalue weighted by Crippen LogP contribution is 2.48. The molecular weight excluding hydrogens is 144 g/mol. The molecule has 10 heavy (non-hydrogen) atoms. The molecule has 1 aliphatic heterocycles. The molecule has 1 saturated heterocycles. The van der Waals surface area contributed by atoms with E-state index in [0.717, 1.165) is 23.3 Å². The van der Waals surface area contributed by atoms with Gasteiger partial charge in [-0.3, -0.25) is 0 Å². The van der Waals surface area contributed by atoms with Crippen molar-refractivity contribution in [3.05, 3.63) is 0 Å². The lowest BCUT2D eigenvalue weighted by Gasteiger charge is -2.11. The number of aliphatic hydroxyl groups is 1. The van der Waals surface area contributed by atoms with Gasteiger partial charge in [0.15, 0.2) is 0 Å². The van der Waals surface area contributed by atoms with E-state index >= 15 is 0 Å². The van der Waals surface area contributed by atoms with Gasteiger partial charge in [0.05, 0.1) is 6.10 Å². The molecule has 1 N–H and O–H groups in total. The second-order valence-corrected chi connectivity index (χ2v) is 4.86. The molecule has 2 heteroatoms. The van der Waals surface area contributed by atoms with Crippen LogP contribution in [0.1, 0.15) is 32.1 Å². The number of fused-ring (bicyclic) bond motifs is 1. The summed E-state index contributed by atoms with van der Waals surface area (Å²) in [7, 11) is 0. The highest BCUT2D eigenvalue weighted by Gasteiger charge is 2.38. The monoisotopic (exact) mass is 158 g/mol. The average molecular weight is 158 g/mol. The van der Waals surface area contributed by atoms with Crippen LogP contribution in [0.4, 0.5) is 0 Å². The predicted molar refractivity (Wildman–Crippen MR) is 44.3 cm³/mol. The third kappa shape index (κ3) is 1.48. The summed E-state index contributed by atoms with van der Waals surface area (Å²) in [4.78, 5) is 0. The summed E-state index contributed by atoms with van der Waals surface area (Å²) in [5, 5.41) is 11.2. The Kier molecular flexibility index (Phi) is 1.92. The van der Waals surface area contributed by atoms with Crippen molar-refractivity contribution in [2.45, 2.75) is 48.7 Å². The Morgan fingerprint density at radius 3 is 2.70 bits per heavy atom. The molecule has 1 aliphatic carbocycles. The van der Waals surface area contributed by atoms with Crippen LogP contribution in [0, 0.1) is 0 Å². The molecule has 1 saturated carbocycles. The van der Waals surface area contributed by atoms with Crippen LogP contribution in [0.25, 0.3) is 0 Å². The fourth-order valence-corrected chi connectivity index (χ4v) is 2.95. The Labute approximate surface area is 66.2 Å². The van der Waals surface area contributed by atoms with E-state index in [1.165, 1.54) is 19.3 Å². The van der Waals surface area contributed by atoms with Crippen molar-refractivity contribution in [1.29, 1.82) is 0 Å². The Bertz CT molecular complexity index is 124. The maximum atomic E-state index is 9.34. The van der Waals surface area contributed by atoms with Crippen LogP contribution in [0.5, 0.6) is 0 Å². The summed E-state index contributed by atoms with van der Waals surface area (Å²) in [5.41, 5.74) is 0. The van der Waals surface area contributed by atoms with Crippen molar-refractivity contribution in [2.75, 3.05) is 0 Å². The van der Waals surface area contributed by atoms with Gasteiger partial charge in [-0.15, -0.1) is 0 Å². The van der Waals surface area contributed by atoms with Gasteiger partial charge in [0.1, 0.15) is 0 Å². The van der Waals surface area contributed by atoms with Crippen molar-refractivity contribution in [3.8, 4) is 0 Å². The Hall–Kier alpha value is 0.310. The van der Waals surface area contributed by atoms with Crippen LogP contribution in [0.3, 0.4) is 0 Å². The average Bonchev–Trinajstić information content (AvgIpc) is 2.59. The molecule has 3 atom stereocenters. The van der Waals surface area contributed by atoms with Gasteiger partial charge in [-0.1, -0.05) is 0 Å². The van der Waals surface area contributed by atoms with Gasteiger partial charge in [0, 0.05) is 10.5 Å². The number of hydrogen-bond donors (Lipinski definition) is 1. The molecule has 0 unspecified atom stereocenters.